The van der Waals surface area contributed by atoms with Gasteiger partial charge in [-0.2, -0.15) is 0 Å². The second kappa shape index (κ2) is 8.26. The molecule has 2 N–H and O–H groups in total. The Morgan fingerprint density at radius 3 is 2.25 bits per heavy atom. The molecule has 0 amide bonds. The van der Waals surface area contributed by atoms with Crippen LogP contribution in [-0.4, -0.2) is 46.2 Å². The molecule has 0 saturated carbocycles. The zero-order chi connectivity index (χ0) is 18.3. The number of carbonyl (C=O) groups is 3. The van der Waals surface area contributed by atoms with Crippen LogP contribution in [0.25, 0.3) is 0 Å². The lowest BCUT2D eigenvalue weighted by Crippen LogP contribution is -2.31. The molecule has 1 aromatic carbocycles. The van der Waals surface area contributed by atoms with Gasteiger partial charge in [-0.1, -0.05) is 0 Å². The van der Waals surface area contributed by atoms with Crippen LogP contribution in [0.5, 0.6) is 5.75 Å². The zero-order valence-electron chi connectivity index (χ0n) is 13.7. The van der Waals surface area contributed by atoms with Gasteiger partial charge < -0.3 is 19.7 Å². The van der Waals surface area contributed by atoms with E-state index in [4.69, 9.17) is 14.6 Å². The van der Waals surface area contributed by atoms with E-state index in [0.29, 0.717) is 17.4 Å². The molecule has 0 aliphatic carbocycles. The van der Waals surface area contributed by atoms with Crippen molar-refractivity contribution in [3.8, 4) is 5.75 Å². The predicted octanol–water partition coefficient (Wildman–Crippen LogP) is 1.59. The van der Waals surface area contributed by atoms with Crippen LogP contribution in [0.15, 0.2) is 36.4 Å². The summed E-state index contributed by atoms with van der Waals surface area (Å²) < 4.78 is 10.4. The predicted molar refractivity (Wildman–Crippen MR) is 84.9 cm³/mol. The summed E-state index contributed by atoms with van der Waals surface area (Å²) in [4.78, 5) is 33.4. The molecule has 0 fully saturated rings. The molecule has 0 heterocycles. The number of rotatable bonds is 8. The van der Waals surface area contributed by atoms with Crippen molar-refractivity contribution in [3.05, 3.63) is 42.0 Å². The first-order valence-electron chi connectivity index (χ1n) is 7.21. The Morgan fingerprint density at radius 2 is 1.75 bits per heavy atom. The lowest BCUT2D eigenvalue weighted by atomic mass is 9.97. The number of ketones is 1. The molecule has 0 saturated heterocycles. The summed E-state index contributed by atoms with van der Waals surface area (Å²) in [6, 6.07) is 6.21. The number of hydrogen-bond acceptors (Lipinski definition) is 6. The van der Waals surface area contributed by atoms with Crippen molar-refractivity contribution in [1.29, 1.82) is 0 Å². The fourth-order valence-electron chi connectivity index (χ4n) is 1.69. The summed E-state index contributed by atoms with van der Waals surface area (Å²) in [7, 11) is 0. The quantitative estimate of drug-likeness (QED) is 0.421. The number of carbonyl (C=O) groups excluding carboxylic acids is 2. The number of ether oxygens (including phenoxy) is 2. The fraction of sp³-hybridized carbons (Fsp3) is 0.353. The van der Waals surface area contributed by atoms with Crippen LogP contribution < -0.4 is 4.74 Å². The van der Waals surface area contributed by atoms with Crippen molar-refractivity contribution < 1.29 is 34.1 Å². The normalized spacial score (nSPS) is 12.7. The first kappa shape index (κ1) is 19.4. The van der Waals surface area contributed by atoms with E-state index in [1.54, 1.807) is 19.1 Å². The summed E-state index contributed by atoms with van der Waals surface area (Å²) in [5, 5.41) is 18.1. The smallest absolute Gasteiger partial charge is 0.331 e. The lowest BCUT2D eigenvalue weighted by molar-refractivity contribution is -0.140. The Morgan fingerprint density at radius 1 is 1.17 bits per heavy atom. The second-order valence-electron chi connectivity index (χ2n) is 5.64. The molecule has 130 valence electrons. The highest BCUT2D eigenvalue weighted by Crippen LogP contribution is 2.18. The van der Waals surface area contributed by atoms with Gasteiger partial charge >= 0.3 is 11.9 Å². The fourth-order valence-corrected chi connectivity index (χ4v) is 1.69. The maximum Gasteiger partial charge on any atom is 0.331 e. The van der Waals surface area contributed by atoms with E-state index in [2.05, 4.69) is 0 Å². The Balaban J connectivity index is 2.53. The van der Waals surface area contributed by atoms with E-state index in [9.17, 15) is 19.5 Å². The Labute approximate surface area is 139 Å². The van der Waals surface area contributed by atoms with Crippen molar-refractivity contribution in [2.75, 3.05) is 6.61 Å². The third-order valence-electron chi connectivity index (χ3n) is 2.83. The van der Waals surface area contributed by atoms with E-state index in [-0.39, 0.29) is 6.61 Å². The minimum atomic E-state index is -1.45. The van der Waals surface area contributed by atoms with Gasteiger partial charge in [-0.3, -0.25) is 4.79 Å². The molecule has 0 aliphatic heterocycles. The molecular weight excluding hydrogens is 316 g/mol. The molecule has 1 rings (SSSR count). The monoisotopic (exact) mass is 336 g/mol. The first-order valence-corrected chi connectivity index (χ1v) is 7.21. The zero-order valence-corrected chi connectivity index (χ0v) is 13.7. The van der Waals surface area contributed by atoms with Gasteiger partial charge in [-0.25, -0.2) is 9.59 Å². The number of esters is 1. The van der Waals surface area contributed by atoms with E-state index in [1.165, 1.54) is 26.0 Å². The van der Waals surface area contributed by atoms with Crippen LogP contribution in [-0.2, 0) is 14.3 Å². The molecule has 0 aliphatic rings. The molecule has 0 radical (unpaired) electrons. The standard InChI is InChI=1S/C17H20O7/c1-11(10-23-15(20)9-8-14(18)19)24-13-6-4-12(5-7-13)16(21)17(2,3)22/h4-9,11,22H,10H2,1-3H3,(H,18,19)/b9-8+. The van der Waals surface area contributed by atoms with E-state index >= 15 is 0 Å². The third-order valence-corrected chi connectivity index (χ3v) is 2.83. The molecule has 7 heteroatoms. The maximum atomic E-state index is 11.9. The van der Waals surface area contributed by atoms with Crippen LogP contribution in [0.3, 0.4) is 0 Å². The minimum absolute atomic E-state index is 0.0624. The molecular formula is C17H20O7. The average molecular weight is 336 g/mol. The highest BCUT2D eigenvalue weighted by atomic mass is 16.6. The number of aliphatic hydroxyl groups is 1. The molecule has 1 atom stereocenters. The SMILES string of the molecule is CC(COC(=O)/C=C/C(=O)O)Oc1ccc(C(=O)C(C)(C)O)cc1. The molecule has 7 nitrogen and oxygen atoms in total. The first-order chi connectivity index (χ1) is 11.1. The highest BCUT2D eigenvalue weighted by molar-refractivity contribution is 6.01. The van der Waals surface area contributed by atoms with Gasteiger partial charge in [0.15, 0.2) is 5.78 Å². The Bertz CT molecular complexity index is 623. The molecule has 24 heavy (non-hydrogen) atoms. The van der Waals surface area contributed by atoms with Crippen molar-refractivity contribution in [3.63, 3.8) is 0 Å². The molecule has 0 spiro atoms. The summed E-state index contributed by atoms with van der Waals surface area (Å²) >= 11 is 0. The van der Waals surface area contributed by atoms with Gasteiger partial charge in [0.25, 0.3) is 0 Å². The third kappa shape index (κ3) is 6.62. The van der Waals surface area contributed by atoms with Crippen molar-refractivity contribution in [2.24, 2.45) is 0 Å². The summed E-state index contributed by atoms with van der Waals surface area (Å²) in [6.07, 6.45) is 1.03. The minimum Gasteiger partial charge on any atom is -0.487 e. The van der Waals surface area contributed by atoms with Crippen LogP contribution in [0.4, 0.5) is 0 Å². The van der Waals surface area contributed by atoms with Crippen molar-refractivity contribution in [2.45, 2.75) is 32.5 Å². The largest absolute Gasteiger partial charge is 0.487 e. The van der Waals surface area contributed by atoms with Crippen molar-refractivity contribution in [1.82, 2.24) is 0 Å². The number of carboxylic acid groups (broad SMARTS) is 1. The van der Waals surface area contributed by atoms with E-state index < -0.39 is 29.4 Å². The highest BCUT2D eigenvalue weighted by Gasteiger charge is 2.25. The maximum absolute atomic E-state index is 11.9. The van der Waals surface area contributed by atoms with Crippen LogP contribution in [0.1, 0.15) is 31.1 Å². The molecule has 0 aromatic heterocycles. The van der Waals surface area contributed by atoms with Gasteiger partial charge in [0, 0.05) is 17.7 Å². The summed E-state index contributed by atoms with van der Waals surface area (Å²) in [6.45, 7) is 4.43. The summed E-state index contributed by atoms with van der Waals surface area (Å²) in [5.41, 5.74) is -1.10. The van der Waals surface area contributed by atoms with Gasteiger partial charge in [0.2, 0.25) is 0 Å². The molecule has 1 unspecified atom stereocenters. The van der Waals surface area contributed by atoms with Gasteiger partial charge in [-0.15, -0.1) is 0 Å². The van der Waals surface area contributed by atoms with Gasteiger partial charge in [0.05, 0.1) is 0 Å². The number of hydrogen-bond donors (Lipinski definition) is 2. The molecule has 0 bridgehead atoms. The lowest BCUT2D eigenvalue weighted by Gasteiger charge is -2.17. The summed E-state index contributed by atoms with van der Waals surface area (Å²) in [5.74, 6) is -1.95. The number of benzene rings is 1. The Kier molecular flexibility index (Phi) is 6.67. The number of carboxylic acids is 1. The number of Topliss-reactive ketones (excluding diaryl/α,β-unsaturated/α-hetero) is 1. The van der Waals surface area contributed by atoms with Crippen LogP contribution in [0, 0.1) is 0 Å². The van der Waals surface area contributed by atoms with Gasteiger partial charge in [0.1, 0.15) is 24.1 Å². The van der Waals surface area contributed by atoms with Crippen LogP contribution in [0.2, 0.25) is 0 Å². The van der Waals surface area contributed by atoms with Crippen LogP contribution >= 0.6 is 0 Å². The van der Waals surface area contributed by atoms with E-state index in [0.717, 1.165) is 6.08 Å². The van der Waals surface area contributed by atoms with Gasteiger partial charge in [-0.05, 0) is 45.0 Å². The average Bonchev–Trinajstić information content (AvgIpc) is 2.50. The van der Waals surface area contributed by atoms with Crippen molar-refractivity contribution >= 4 is 17.7 Å². The number of aliphatic carboxylic acids is 1. The second-order valence-corrected chi connectivity index (χ2v) is 5.64. The van der Waals surface area contributed by atoms with E-state index in [1.807, 2.05) is 0 Å². The molecule has 1 aromatic rings. The Hall–Kier alpha value is -2.67. The topological polar surface area (TPSA) is 110 Å².